The predicted molar refractivity (Wildman–Crippen MR) is 132 cm³/mol. The van der Waals surface area contributed by atoms with Crippen molar-refractivity contribution in [3.63, 3.8) is 0 Å². The van der Waals surface area contributed by atoms with Crippen molar-refractivity contribution in [2.24, 2.45) is 4.99 Å². The van der Waals surface area contributed by atoms with Crippen LogP contribution in [-0.4, -0.2) is 40.3 Å². The number of phenols is 1. The van der Waals surface area contributed by atoms with Gasteiger partial charge < -0.3 is 9.84 Å². The molecular weight excluding hydrogens is 420 g/mol. The van der Waals surface area contributed by atoms with Crippen LogP contribution >= 0.6 is 11.8 Å². The van der Waals surface area contributed by atoms with Crippen LogP contribution in [-0.2, 0) is 11.2 Å². The van der Waals surface area contributed by atoms with E-state index in [0.29, 0.717) is 23.1 Å². The lowest BCUT2D eigenvalue weighted by molar-refractivity contribution is -0.124. The average molecular weight is 455 g/mol. The number of phenolic OH excluding ortho intramolecular Hbond substituents is 1. The second-order valence-corrected chi connectivity index (χ2v) is 10.0. The van der Waals surface area contributed by atoms with Crippen LogP contribution in [0.15, 0.2) is 34.7 Å². The summed E-state index contributed by atoms with van der Waals surface area (Å²) in [6.07, 6.45) is 15.9. The molecule has 1 aliphatic heterocycles. The molecule has 1 amide bonds. The van der Waals surface area contributed by atoms with Gasteiger partial charge in [0.2, 0.25) is 0 Å². The third-order valence-corrected chi connectivity index (χ3v) is 7.70. The molecule has 1 aromatic carbocycles. The normalized spacial score (nSPS) is 23.3. The molecule has 0 atom stereocenters. The first-order valence-corrected chi connectivity index (χ1v) is 12.7. The molecule has 6 heteroatoms. The number of carbonyl (C=O) groups excluding carboxylic acids is 1. The Bertz CT molecular complexity index is 912. The summed E-state index contributed by atoms with van der Waals surface area (Å²) >= 11 is 1.51. The first-order chi connectivity index (χ1) is 15.6. The number of hydrogen-bond acceptors (Lipinski definition) is 5. The van der Waals surface area contributed by atoms with Crippen LogP contribution in [0.25, 0.3) is 6.08 Å². The summed E-state index contributed by atoms with van der Waals surface area (Å²) in [5.41, 5.74) is 1.58. The van der Waals surface area contributed by atoms with E-state index in [1.165, 1.54) is 50.3 Å². The van der Waals surface area contributed by atoms with Gasteiger partial charge in [0.15, 0.2) is 16.7 Å². The Morgan fingerprint density at radius 1 is 1.16 bits per heavy atom. The van der Waals surface area contributed by atoms with E-state index >= 15 is 0 Å². The van der Waals surface area contributed by atoms with Crippen molar-refractivity contribution in [2.45, 2.75) is 82.7 Å². The van der Waals surface area contributed by atoms with Crippen molar-refractivity contribution in [3.05, 3.63) is 40.8 Å². The van der Waals surface area contributed by atoms with Gasteiger partial charge in [-0.25, -0.2) is 0 Å². The Hall–Kier alpha value is -2.21. The number of rotatable bonds is 6. The Labute approximate surface area is 195 Å². The van der Waals surface area contributed by atoms with Gasteiger partial charge in [-0.1, -0.05) is 44.6 Å². The average Bonchev–Trinajstić information content (AvgIpc) is 3.11. The molecule has 1 N–H and O–H groups in total. The van der Waals surface area contributed by atoms with Crippen LogP contribution < -0.4 is 4.74 Å². The fraction of sp³-hybridized carbons (Fsp3) is 0.538. The van der Waals surface area contributed by atoms with Crippen LogP contribution in [0.3, 0.4) is 0 Å². The standard InChI is InChI=1S/C26H34N2O3S/c1-3-10-19-15-18(16-22(31-2)24(19)29)17-23-25(30)28(21-13-8-5-9-14-21)26(32-23)27-20-11-6-4-7-12-20/h3,15-17,20-21,29H,1,4-14H2,2H3. The molecule has 1 saturated heterocycles. The molecule has 32 heavy (non-hydrogen) atoms. The van der Waals surface area contributed by atoms with Gasteiger partial charge in [-0.15, -0.1) is 6.58 Å². The van der Waals surface area contributed by atoms with Crippen LogP contribution in [0.1, 0.15) is 75.3 Å². The number of amidine groups is 1. The van der Waals surface area contributed by atoms with E-state index in [0.717, 1.165) is 42.0 Å². The van der Waals surface area contributed by atoms with E-state index < -0.39 is 0 Å². The summed E-state index contributed by atoms with van der Waals surface area (Å²) in [7, 11) is 1.54. The van der Waals surface area contributed by atoms with Gasteiger partial charge in [-0.2, -0.15) is 0 Å². The summed E-state index contributed by atoms with van der Waals surface area (Å²) in [4.78, 5) is 21.3. The van der Waals surface area contributed by atoms with Crippen molar-refractivity contribution in [2.75, 3.05) is 7.11 Å². The Morgan fingerprint density at radius 2 is 1.84 bits per heavy atom. The highest BCUT2D eigenvalue weighted by Gasteiger charge is 2.39. The van der Waals surface area contributed by atoms with E-state index in [2.05, 4.69) is 6.58 Å². The third kappa shape index (κ3) is 5.06. The minimum absolute atomic E-state index is 0.0637. The number of aromatic hydroxyl groups is 1. The fourth-order valence-electron chi connectivity index (χ4n) is 4.99. The van der Waals surface area contributed by atoms with E-state index in [-0.39, 0.29) is 17.7 Å². The highest BCUT2D eigenvalue weighted by atomic mass is 32.2. The van der Waals surface area contributed by atoms with Crippen molar-refractivity contribution < 1.29 is 14.6 Å². The maximum Gasteiger partial charge on any atom is 0.266 e. The zero-order chi connectivity index (χ0) is 22.5. The molecule has 0 aromatic heterocycles. The lowest BCUT2D eigenvalue weighted by atomic mass is 9.94. The van der Waals surface area contributed by atoms with Gasteiger partial charge >= 0.3 is 0 Å². The topological polar surface area (TPSA) is 62.1 Å². The number of nitrogens with zero attached hydrogens (tertiary/aromatic N) is 2. The molecule has 0 unspecified atom stereocenters. The number of hydrogen-bond donors (Lipinski definition) is 1. The second kappa shape index (κ2) is 10.6. The van der Waals surface area contributed by atoms with E-state index in [1.807, 2.05) is 17.0 Å². The van der Waals surface area contributed by atoms with Gasteiger partial charge in [-0.3, -0.25) is 14.7 Å². The first-order valence-electron chi connectivity index (χ1n) is 11.9. The molecule has 5 nitrogen and oxygen atoms in total. The smallest absolute Gasteiger partial charge is 0.266 e. The van der Waals surface area contributed by atoms with E-state index in [1.54, 1.807) is 19.3 Å². The molecule has 3 aliphatic rings. The highest BCUT2D eigenvalue weighted by molar-refractivity contribution is 8.18. The predicted octanol–water partition coefficient (Wildman–Crippen LogP) is 6.07. The van der Waals surface area contributed by atoms with Crippen molar-refractivity contribution >= 4 is 28.9 Å². The van der Waals surface area contributed by atoms with Crippen LogP contribution in [0.5, 0.6) is 11.5 Å². The van der Waals surface area contributed by atoms with Gasteiger partial charge in [0.25, 0.3) is 5.91 Å². The molecule has 0 spiro atoms. The van der Waals surface area contributed by atoms with Crippen molar-refractivity contribution in [3.8, 4) is 11.5 Å². The Kier molecular flexibility index (Phi) is 7.61. The molecule has 172 valence electrons. The third-order valence-electron chi connectivity index (χ3n) is 6.70. The zero-order valence-electron chi connectivity index (χ0n) is 19.0. The highest BCUT2D eigenvalue weighted by Crippen LogP contribution is 2.40. The lowest BCUT2D eigenvalue weighted by Crippen LogP contribution is -2.41. The summed E-state index contributed by atoms with van der Waals surface area (Å²) in [6.45, 7) is 3.78. The van der Waals surface area contributed by atoms with Gasteiger partial charge in [-0.05, 0) is 67.6 Å². The summed E-state index contributed by atoms with van der Waals surface area (Å²) in [6, 6.07) is 4.27. The van der Waals surface area contributed by atoms with E-state index in [4.69, 9.17) is 9.73 Å². The zero-order valence-corrected chi connectivity index (χ0v) is 19.8. The van der Waals surface area contributed by atoms with Crippen LogP contribution in [0, 0.1) is 0 Å². The number of methoxy groups -OCH3 is 1. The lowest BCUT2D eigenvalue weighted by Gasteiger charge is -2.31. The van der Waals surface area contributed by atoms with Gasteiger partial charge in [0.05, 0.1) is 18.1 Å². The number of allylic oxidation sites excluding steroid dienone is 1. The van der Waals surface area contributed by atoms with Crippen molar-refractivity contribution in [1.82, 2.24) is 4.90 Å². The minimum Gasteiger partial charge on any atom is -0.504 e. The molecule has 1 aromatic rings. The van der Waals surface area contributed by atoms with E-state index in [9.17, 15) is 9.90 Å². The number of benzene rings is 1. The second-order valence-electron chi connectivity index (χ2n) is 9.00. The molecule has 0 bridgehead atoms. The molecule has 1 heterocycles. The molecule has 2 saturated carbocycles. The van der Waals surface area contributed by atoms with Gasteiger partial charge in [0, 0.05) is 11.6 Å². The first kappa shape index (κ1) is 23.0. The number of carbonyl (C=O) groups is 1. The van der Waals surface area contributed by atoms with Crippen LogP contribution in [0.4, 0.5) is 0 Å². The molecule has 0 radical (unpaired) electrons. The van der Waals surface area contributed by atoms with Crippen LogP contribution in [0.2, 0.25) is 0 Å². The number of thioether (sulfide) groups is 1. The SMILES string of the molecule is C=CCc1cc(C=C2SC(=NC3CCCCC3)N(C3CCCCC3)C2=O)cc(OC)c1O. The monoisotopic (exact) mass is 454 g/mol. The summed E-state index contributed by atoms with van der Waals surface area (Å²) in [5.74, 6) is 0.601. The number of amides is 1. The van der Waals surface area contributed by atoms with Crippen molar-refractivity contribution in [1.29, 1.82) is 0 Å². The minimum atomic E-state index is 0.0637. The largest absolute Gasteiger partial charge is 0.504 e. The fourth-order valence-corrected chi connectivity index (χ4v) is 6.10. The molecule has 4 rings (SSSR count). The number of ether oxygens (including phenoxy) is 1. The molecule has 2 aliphatic carbocycles. The summed E-state index contributed by atoms with van der Waals surface area (Å²) < 4.78 is 5.36. The Balaban J connectivity index is 1.67. The molecule has 3 fully saturated rings. The van der Waals surface area contributed by atoms with Gasteiger partial charge in [0.1, 0.15) is 0 Å². The maximum atomic E-state index is 13.6. The maximum absolute atomic E-state index is 13.6. The Morgan fingerprint density at radius 3 is 2.50 bits per heavy atom. The quantitative estimate of drug-likeness (QED) is 0.419. The molecular formula is C26H34N2O3S. The number of aliphatic imine (C=N–C) groups is 1. The summed E-state index contributed by atoms with van der Waals surface area (Å²) in [5, 5.41) is 11.3.